The van der Waals surface area contributed by atoms with Gasteiger partial charge in [0.1, 0.15) is 0 Å². The molecule has 17 heavy (non-hydrogen) atoms. The summed E-state index contributed by atoms with van der Waals surface area (Å²) in [6.07, 6.45) is 2.86. The van der Waals surface area contributed by atoms with Gasteiger partial charge in [-0.15, -0.1) is 0 Å². The van der Waals surface area contributed by atoms with Crippen LogP contribution in [0.1, 0.15) is 27.2 Å². The van der Waals surface area contributed by atoms with Gasteiger partial charge in [-0.3, -0.25) is 9.69 Å². The molecule has 0 unspecified atom stereocenters. The third-order valence-electron chi connectivity index (χ3n) is 2.88. The molecule has 0 radical (unpaired) electrons. The summed E-state index contributed by atoms with van der Waals surface area (Å²) in [4.78, 5) is 14.1. The molecule has 0 spiro atoms. The van der Waals surface area contributed by atoms with Crippen LogP contribution in [-0.2, 0) is 9.53 Å². The maximum atomic E-state index is 11.8. The van der Waals surface area contributed by atoms with E-state index in [1.165, 1.54) is 0 Å². The fraction of sp³-hybridized carbons (Fsp3) is 0.769. The number of nitrogens with one attached hydrogen (secondary N) is 1. The van der Waals surface area contributed by atoms with Crippen molar-refractivity contribution in [1.29, 1.82) is 0 Å². The second kappa shape index (κ2) is 7.45. The van der Waals surface area contributed by atoms with Crippen molar-refractivity contribution in [3.63, 3.8) is 0 Å². The van der Waals surface area contributed by atoms with E-state index < -0.39 is 0 Å². The molecule has 0 aliphatic carbocycles. The molecule has 4 nitrogen and oxygen atoms in total. The van der Waals surface area contributed by atoms with E-state index in [0.717, 1.165) is 44.8 Å². The number of morpholine rings is 1. The average Bonchev–Trinajstić information content (AvgIpc) is 2.30. The molecule has 0 saturated carbocycles. The van der Waals surface area contributed by atoms with Crippen LogP contribution in [-0.4, -0.2) is 49.7 Å². The van der Waals surface area contributed by atoms with Crippen LogP contribution < -0.4 is 5.32 Å². The second-order valence-corrected chi connectivity index (χ2v) is 4.58. The summed E-state index contributed by atoms with van der Waals surface area (Å²) < 4.78 is 5.29. The second-order valence-electron chi connectivity index (χ2n) is 4.58. The van der Waals surface area contributed by atoms with Gasteiger partial charge in [0, 0.05) is 31.2 Å². The summed E-state index contributed by atoms with van der Waals surface area (Å²) in [5.74, 6) is 0.0487. The number of hydrogen-bond donors (Lipinski definition) is 1. The SMILES string of the molecule is CC/C=C(\C)C(=O)N[C@H](C)CN1CCOCC1. The minimum atomic E-state index is 0.0487. The number of nitrogens with zero attached hydrogens (tertiary/aromatic N) is 1. The summed E-state index contributed by atoms with van der Waals surface area (Å²) in [5.41, 5.74) is 0.807. The number of amides is 1. The van der Waals surface area contributed by atoms with Gasteiger partial charge >= 0.3 is 0 Å². The molecule has 1 amide bonds. The fourth-order valence-corrected chi connectivity index (χ4v) is 1.95. The highest BCUT2D eigenvalue weighted by molar-refractivity contribution is 5.92. The lowest BCUT2D eigenvalue weighted by Crippen LogP contribution is -2.46. The molecule has 1 atom stereocenters. The van der Waals surface area contributed by atoms with Crippen molar-refractivity contribution in [1.82, 2.24) is 10.2 Å². The Bertz CT molecular complexity index is 271. The highest BCUT2D eigenvalue weighted by atomic mass is 16.5. The van der Waals surface area contributed by atoms with E-state index in [2.05, 4.69) is 10.2 Å². The van der Waals surface area contributed by atoms with E-state index in [1.807, 2.05) is 26.8 Å². The smallest absolute Gasteiger partial charge is 0.246 e. The minimum Gasteiger partial charge on any atom is -0.379 e. The number of ether oxygens (including phenoxy) is 1. The Morgan fingerprint density at radius 1 is 1.47 bits per heavy atom. The molecule has 4 heteroatoms. The quantitative estimate of drug-likeness (QED) is 0.734. The van der Waals surface area contributed by atoms with Crippen LogP contribution >= 0.6 is 0 Å². The van der Waals surface area contributed by atoms with Gasteiger partial charge in [0.15, 0.2) is 0 Å². The van der Waals surface area contributed by atoms with Crippen LogP contribution in [0.3, 0.4) is 0 Å². The third kappa shape index (κ3) is 5.33. The minimum absolute atomic E-state index is 0.0487. The first-order valence-electron chi connectivity index (χ1n) is 6.41. The van der Waals surface area contributed by atoms with Crippen molar-refractivity contribution >= 4 is 5.91 Å². The topological polar surface area (TPSA) is 41.6 Å². The van der Waals surface area contributed by atoms with E-state index >= 15 is 0 Å². The molecular weight excluding hydrogens is 216 g/mol. The highest BCUT2D eigenvalue weighted by Crippen LogP contribution is 2.00. The number of hydrogen-bond acceptors (Lipinski definition) is 3. The van der Waals surface area contributed by atoms with Crippen LogP contribution in [0.25, 0.3) is 0 Å². The molecular formula is C13H24N2O2. The van der Waals surface area contributed by atoms with Crippen molar-refractivity contribution in [2.24, 2.45) is 0 Å². The first-order valence-corrected chi connectivity index (χ1v) is 6.41. The first-order chi connectivity index (χ1) is 8.13. The van der Waals surface area contributed by atoms with Crippen molar-refractivity contribution in [2.45, 2.75) is 33.2 Å². The molecule has 1 aliphatic rings. The molecule has 0 bridgehead atoms. The van der Waals surface area contributed by atoms with Crippen LogP contribution in [0.15, 0.2) is 11.6 Å². The number of carbonyl (C=O) groups is 1. The molecule has 1 saturated heterocycles. The molecule has 1 aliphatic heterocycles. The Labute approximate surface area is 104 Å². The monoisotopic (exact) mass is 240 g/mol. The molecule has 1 N–H and O–H groups in total. The summed E-state index contributed by atoms with van der Waals surface area (Å²) in [6, 6.07) is 0.181. The summed E-state index contributed by atoms with van der Waals surface area (Å²) in [7, 11) is 0. The molecule has 0 aromatic heterocycles. The van der Waals surface area contributed by atoms with Crippen LogP contribution in [0.4, 0.5) is 0 Å². The Balaban J connectivity index is 2.30. The van der Waals surface area contributed by atoms with Crippen molar-refractivity contribution < 1.29 is 9.53 Å². The van der Waals surface area contributed by atoms with Crippen LogP contribution in [0, 0.1) is 0 Å². The molecule has 1 fully saturated rings. The van der Waals surface area contributed by atoms with Gasteiger partial charge in [0.05, 0.1) is 13.2 Å². The zero-order valence-corrected chi connectivity index (χ0v) is 11.2. The standard InChI is InChI=1S/C13H24N2O2/c1-4-5-11(2)13(16)14-12(3)10-15-6-8-17-9-7-15/h5,12H,4,6-10H2,1-3H3,(H,14,16)/b11-5+/t12-/m1/s1. The summed E-state index contributed by atoms with van der Waals surface area (Å²) in [5, 5.41) is 3.02. The van der Waals surface area contributed by atoms with Gasteiger partial charge in [-0.05, 0) is 20.3 Å². The zero-order chi connectivity index (χ0) is 12.7. The average molecular weight is 240 g/mol. The Morgan fingerprint density at radius 3 is 2.71 bits per heavy atom. The molecule has 0 aromatic carbocycles. The van der Waals surface area contributed by atoms with Gasteiger partial charge in [0.25, 0.3) is 0 Å². The van der Waals surface area contributed by atoms with E-state index in [4.69, 9.17) is 4.74 Å². The van der Waals surface area contributed by atoms with E-state index in [0.29, 0.717) is 0 Å². The highest BCUT2D eigenvalue weighted by Gasteiger charge is 2.15. The number of rotatable bonds is 5. The van der Waals surface area contributed by atoms with E-state index in [9.17, 15) is 4.79 Å². The number of carbonyl (C=O) groups excluding carboxylic acids is 1. The Hall–Kier alpha value is -0.870. The lowest BCUT2D eigenvalue weighted by Gasteiger charge is -2.29. The molecule has 98 valence electrons. The van der Waals surface area contributed by atoms with Crippen LogP contribution in [0.5, 0.6) is 0 Å². The molecule has 1 heterocycles. The van der Waals surface area contributed by atoms with Gasteiger partial charge in [0.2, 0.25) is 5.91 Å². The van der Waals surface area contributed by atoms with Gasteiger partial charge < -0.3 is 10.1 Å². The van der Waals surface area contributed by atoms with Gasteiger partial charge in [-0.1, -0.05) is 13.0 Å². The Kier molecular flexibility index (Phi) is 6.22. The maximum Gasteiger partial charge on any atom is 0.246 e. The fourth-order valence-electron chi connectivity index (χ4n) is 1.95. The lowest BCUT2D eigenvalue weighted by molar-refractivity contribution is -0.118. The predicted octanol–water partition coefficient (Wildman–Crippen LogP) is 1.18. The van der Waals surface area contributed by atoms with Gasteiger partial charge in [-0.25, -0.2) is 0 Å². The van der Waals surface area contributed by atoms with Crippen molar-refractivity contribution in [2.75, 3.05) is 32.8 Å². The molecule has 1 rings (SSSR count). The first kappa shape index (κ1) is 14.2. The van der Waals surface area contributed by atoms with Crippen molar-refractivity contribution in [3.8, 4) is 0 Å². The third-order valence-corrected chi connectivity index (χ3v) is 2.88. The maximum absolute atomic E-state index is 11.8. The number of allylic oxidation sites excluding steroid dienone is 1. The van der Waals surface area contributed by atoms with E-state index in [-0.39, 0.29) is 11.9 Å². The normalized spacial score (nSPS) is 20.1. The summed E-state index contributed by atoms with van der Waals surface area (Å²) >= 11 is 0. The largest absolute Gasteiger partial charge is 0.379 e. The summed E-state index contributed by atoms with van der Waals surface area (Å²) in [6.45, 7) is 10.4. The van der Waals surface area contributed by atoms with Gasteiger partial charge in [-0.2, -0.15) is 0 Å². The molecule has 0 aromatic rings. The predicted molar refractivity (Wildman–Crippen MR) is 68.9 cm³/mol. The zero-order valence-electron chi connectivity index (χ0n) is 11.2. The van der Waals surface area contributed by atoms with E-state index in [1.54, 1.807) is 0 Å². The van der Waals surface area contributed by atoms with Crippen molar-refractivity contribution in [3.05, 3.63) is 11.6 Å². The van der Waals surface area contributed by atoms with Crippen LogP contribution in [0.2, 0.25) is 0 Å². The Morgan fingerprint density at radius 2 is 2.12 bits per heavy atom. The lowest BCUT2D eigenvalue weighted by atomic mass is 10.2.